The van der Waals surface area contributed by atoms with Gasteiger partial charge in [0.25, 0.3) is 0 Å². The summed E-state index contributed by atoms with van der Waals surface area (Å²) in [4.78, 5) is 0. The number of alkyl halides is 2. The fourth-order valence-electron chi connectivity index (χ4n) is 2.37. The van der Waals surface area contributed by atoms with E-state index in [1.165, 1.54) is 13.2 Å². The third-order valence-electron chi connectivity index (χ3n) is 3.76. The minimum atomic E-state index is -2.89. The van der Waals surface area contributed by atoms with Gasteiger partial charge in [-0.05, 0) is 54.0 Å². The number of hydrogen-bond donors (Lipinski definition) is 2. The maximum atomic E-state index is 12.3. The van der Waals surface area contributed by atoms with Crippen molar-refractivity contribution in [2.45, 2.75) is 19.6 Å². The molecule has 0 aliphatic rings. The van der Waals surface area contributed by atoms with Gasteiger partial charge in [0.2, 0.25) is 0 Å². The van der Waals surface area contributed by atoms with Crippen molar-refractivity contribution in [2.75, 3.05) is 20.8 Å². The van der Waals surface area contributed by atoms with Crippen LogP contribution in [0, 0.1) is 0 Å². The quantitative estimate of drug-likeness (QED) is 0.633. The lowest BCUT2D eigenvalue weighted by Gasteiger charge is -2.13. The molecule has 0 atom stereocenters. The van der Waals surface area contributed by atoms with Crippen LogP contribution in [-0.4, -0.2) is 32.5 Å². The zero-order chi connectivity index (χ0) is 19.6. The highest BCUT2D eigenvalue weighted by Crippen LogP contribution is 2.29. The Morgan fingerprint density at radius 2 is 1.67 bits per heavy atom. The monoisotopic (exact) mass is 396 g/mol. The molecule has 0 heterocycles. The average molecular weight is 396 g/mol. The Morgan fingerprint density at radius 1 is 0.963 bits per heavy atom. The summed E-state index contributed by atoms with van der Waals surface area (Å²) in [5.74, 6) is 1.09. The number of rotatable bonds is 9. The lowest BCUT2D eigenvalue weighted by Crippen LogP contribution is -2.35. The van der Waals surface area contributed by atoms with Crippen LogP contribution in [-0.2, 0) is 13.0 Å². The van der Waals surface area contributed by atoms with Crippen LogP contribution in [0.2, 0.25) is 0 Å². The first-order valence-electron chi connectivity index (χ1n) is 8.28. The molecule has 2 aromatic carbocycles. The van der Waals surface area contributed by atoms with Crippen molar-refractivity contribution < 1.29 is 23.0 Å². The fourth-order valence-corrected chi connectivity index (χ4v) is 2.54. The first kappa shape index (κ1) is 20.7. The Labute approximate surface area is 162 Å². The van der Waals surface area contributed by atoms with Gasteiger partial charge in [-0.25, -0.2) is 0 Å². The number of halogens is 2. The summed E-state index contributed by atoms with van der Waals surface area (Å²) < 4.78 is 39.3. The number of methoxy groups -OCH3 is 2. The molecule has 2 rings (SSSR count). The van der Waals surface area contributed by atoms with Crippen molar-refractivity contribution in [3.63, 3.8) is 0 Å². The molecule has 0 radical (unpaired) electrons. The van der Waals surface area contributed by atoms with Crippen molar-refractivity contribution in [1.82, 2.24) is 10.6 Å². The van der Waals surface area contributed by atoms with Gasteiger partial charge < -0.3 is 24.8 Å². The summed E-state index contributed by atoms with van der Waals surface area (Å²) in [6, 6.07) is 12.6. The second-order valence-corrected chi connectivity index (χ2v) is 5.98. The summed E-state index contributed by atoms with van der Waals surface area (Å²) in [5, 5.41) is 6.78. The Balaban J connectivity index is 1.77. The Bertz CT molecular complexity index is 742. The van der Waals surface area contributed by atoms with Crippen LogP contribution >= 0.6 is 12.2 Å². The van der Waals surface area contributed by atoms with Crippen molar-refractivity contribution in [1.29, 1.82) is 0 Å². The molecule has 0 fully saturated rings. The molecule has 0 spiro atoms. The molecule has 8 heteroatoms. The number of ether oxygens (including phenoxy) is 3. The lowest BCUT2D eigenvalue weighted by atomic mass is 10.1. The summed E-state index contributed by atoms with van der Waals surface area (Å²) in [6.07, 6.45) is 0.648. The van der Waals surface area contributed by atoms with Crippen molar-refractivity contribution in [3.05, 3.63) is 53.6 Å². The van der Waals surface area contributed by atoms with Gasteiger partial charge in [0.15, 0.2) is 16.6 Å². The van der Waals surface area contributed by atoms with Crippen LogP contribution in [0.1, 0.15) is 11.1 Å². The molecule has 0 aliphatic carbocycles. The number of nitrogens with one attached hydrogen (secondary N) is 2. The third kappa shape index (κ3) is 6.90. The molecular formula is C19H22F2N2O3S. The van der Waals surface area contributed by atoms with Crippen LogP contribution in [0.25, 0.3) is 0 Å². The highest BCUT2D eigenvalue weighted by Gasteiger charge is 2.11. The van der Waals surface area contributed by atoms with E-state index in [4.69, 9.17) is 21.7 Å². The maximum absolute atomic E-state index is 12.3. The normalized spacial score (nSPS) is 10.4. The molecule has 0 aliphatic heterocycles. The van der Waals surface area contributed by atoms with Crippen LogP contribution < -0.4 is 24.8 Å². The van der Waals surface area contributed by atoms with Gasteiger partial charge in [0, 0.05) is 13.1 Å². The highest BCUT2D eigenvalue weighted by atomic mass is 32.1. The number of thiocarbonyl (C=S) groups is 1. The molecule has 2 aromatic rings. The number of benzene rings is 2. The van der Waals surface area contributed by atoms with E-state index in [1.54, 1.807) is 19.2 Å². The molecule has 146 valence electrons. The molecule has 2 N–H and O–H groups in total. The van der Waals surface area contributed by atoms with Crippen LogP contribution in [0.5, 0.6) is 17.2 Å². The summed E-state index contributed by atoms with van der Waals surface area (Å²) in [5.41, 5.74) is 2.00. The van der Waals surface area contributed by atoms with Gasteiger partial charge in [0.1, 0.15) is 5.75 Å². The summed E-state index contributed by atoms with van der Waals surface area (Å²) in [6.45, 7) is -1.70. The molecule has 27 heavy (non-hydrogen) atoms. The predicted molar refractivity (Wildman–Crippen MR) is 104 cm³/mol. The molecule has 0 bridgehead atoms. The molecule has 0 unspecified atom stereocenters. The van der Waals surface area contributed by atoms with Crippen molar-refractivity contribution in [3.8, 4) is 17.2 Å². The van der Waals surface area contributed by atoms with E-state index in [-0.39, 0.29) is 11.5 Å². The van der Waals surface area contributed by atoms with Crippen LogP contribution in [0.4, 0.5) is 8.78 Å². The van der Waals surface area contributed by atoms with E-state index in [0.717, 1.165) is 16.9 Å². The molecule has 0 amide bonds. The highest BCUT2D eigenvalue weighted by molar-refractivity contribution is 7.80. The van der Waals surface area contributed by atoms with Crippen molar-refractivity contribution in [2.24, 2.45) is 0 Å². The van der Waals surface area contributed by atoms with Crippen molar-refractivity contribution >= 4 is 17.3 Å². The van der Waals surface area contributed by atoms with Gasteiger partial charge in [-0.3, -0.25) is 0 Å². The van der Waals surface area contributed by atoms with E-state index >= 15 is 0 Å². The zero-order valence-electron chi connectivity index (χ0n) is 15.1. The molecule has 0 saturated heterocycles. The first-order valence-corrected chi connectivity index (χ1v) is 8.69. The predicted octanol–water partition coefficient (Wildman–Crippen LogP) is 3.51. The topological polar surface area (TPSA) is 51.8 Å². The minimum Gasteiger partial charge on any atom is -0.497 e. The van der Waals surface area contributed by atoms with E-state index in [0.29, 0.717) is 24.6 Å². The first-order chi connectivity index (χ1) is 13.0. The van der Waals surface area contributed by atoms with E-state index in [2.05, 4.69) is 15.4 Å². The largest absolute Gasteiger partial charge is 0.497 e. The second kappa shape index (κ2) is 10.5. The zero-order valence-corrected chi connectivity index (χ0v) is 15.9. The van der Waals surface area contributed by atoms with Gasteiger partial charge in [-0.1, -0.05) is 18.2 Å². The second-order valence-electron chi connectivity index (χ2n) is 5.57. The van der Waals surface area contributed by atoms with Gasteiger partial charge in [-0.15, -0.1) is 0 Å². The molecule has 0 aromatic heterocycles. The Kier molecular flexibility index (Phi) is 8.06. The van der Waals surface area contributed by atoms with E-state index in [1.807, 2.05) is 24.3 Å². The molecule has 0 saturated carbocycles. The summed E-state index contributed by atoms with van der Waals surface area (Å²) >= 11 is 5.26. The smallest absolute Gasteiger partial charge is 0.387 e. The minimum absolute atomic E-state index is 0.0147. The van der Waals surface area contributed by atoms with Crippen LogP contribution in [0.3, 0.4) is 0 Å². The van der Waals surface area contributed by atoms with Crippen LogP contribution in [0.15, 0.2) is 42.5 Å². The SMILES string of the molecule is COc1ccc(CNC(=S)NCCc2ccc(OC(F)F)c(OC)c2)cc1. The summed E-state index contributed by atoms with van der Waals surface area (Å²) in [7, 11) is 3.04. The maximum Gasteiger partial charge on any atom is 0.387 e. The Morgan fingerprint density at radius 3 is 2.30 bits per heavy atom. The van der Waals surface area contributed by atoms with E-state index in [9.17, 15) is 8.78 Å². The fraction of sp³-hybridized carbons (Fsp3) is 0.316. The lowest BCUT2D eigenvalue weighted by molar-refractivity contribution is -0.0512. The molecular weight excluding hydrogens is 374 g/mol. The average Bonchev–Trinajstić information content (AvgIpc) is 2.67. The van der Waals surface area contributed by atoms with Gasteiger partial charge >= 0.3 is 6.61 Å². The molecule has 5 nitrogen and oxygen atoms in total. The van der Waals surface area contributed by atoms with Gasteiger partial charge in [0.05, 0.1) is 14.2 Å². The third-order valence-corrected chi connectivity index (χ3v) is 4.04. The van der Waals surface area contributed by atoms with Gasteiger partial charge in [-0.2, -0.15) is 8.78 Å². The Hall–Kier alpha value is -2.61. The van der Waals surface area contributed by atoms with E-state index < -0.39 is 6.61 Å². The number of hydrogen-bond acceptors (Lipinski definition) is 4. The standard InChI is InChI=1S/C19H22F2N2O3S/c1-24-15-6-3-14(4-7-15)12-23-19(27)22-10-9-13-5-8-16(26-18(20)21)17(11-13)25-2/h3-8,11,18H,9-10,12H2,1-2H3,(H2,22,23,27).